The lowest BCUT2D eigenvalue weighted by Gasteiger charge is -2.44. The number of aryl methyl sites for hydroxylation is 1. The standard InChI is InChI=1S/C11H14N2O2/c1-13-8(3-5-12-13)11-4-2-7(6-11)9(11)10(14)15/h3,5,7,9H,2,4,6H2,1H3,(H,14,15). The van der Waals surface area contributed by atoms with Crippen molar-refractivity contribution in [1.29, 1.82) is 0 Å². The van der Waals surface area contributed by atoms with Gasteiger partial charge in [0.25, 0.3) is 0 Å². The molecule has 3 aliphatic carbocycles. The molecule has 4 rings (SSSR count). The number of hydrogen-bond acceptors (Lipinski definition) is 2. The van der Waals surface area contributed by atoms with Gasteiger partial charge >= 0.3 is 5.97 Å². The summed E-state index contributed by atoms with van der Waals surface area (Å²) >= 11 is 0. The fourth-order valence-electron chi connectivity index (χ4n) is 3.66. The highest BCUT2D eigenvalue weighted by Gasteiger charge is 2.64. The van der Waals surface area contributed by atoms with Gasteiger partial charge in [0.1, 0.15) is 0 Å². The van der Waals surface area contributed by atoms with Crippen LogP contribution in [0.15, 0.2) is 12.3 Å². The van der Waals surface area contributed by atoms with Crippen molar-refractivity contribution in [1.82, 2.24) is 9.78 Å². The van der Waals surface area contributed by atoms with Crippen LogP contribution in [-0.2, 0) is 17.3 Å². The lowest BCUT2D eigenvalue weighted by molar-refractivity contribution is -0.150. The van der Waals surface area contributed by atoms with E-state index in [-0.39, 0.29) is 11.3 Å². The smallest absolute Gasteiger partial charge is 0.307 e. The number of carboxylic acid groups (broad SMARTS) is 1. The highest BCUT2D eigenvalue weighted by Crippen LogP contribution is 2.63. The summed E-state index contributed by atoms with van der Waals surface area (Å²) in [7, 11) is 1.90. The van der Waals surface area contributed by atoms with E-state index in [1.54, 1.807) is 6.20 Å². The van der Waals surface area contributed by atoms with Crippen molar-refractivity contribution < 1.29 is 9.90 Å². The lowest BCUT2D eigenvalue weighted by atomic mass is 9.58. The first-order valence-electron chi connectivity index (χ1n) is 5.36. The Labute approximate surface area is 87.9 Å². The highest BCUT2D eigenvalue weighted by molar-refractivity contribution is 5.75. The summed E-state index contributed by atoms with van der Waals surface area (Å²) in [4.78, 5) is 11.2. The van der Waals surface area contributed by atoms with Gasteiger partial charge in [-0.15, -0.1) is 0 Å². The second kappa shape index (κ2) is 2.62. The van der Waals surface area contributed by atoms with Crippen LogP contribution in [0, 0.1) is 11.8 Å². The predicted molar refractivity (Wildman–Crippen MR) is 53.4 cm³/mol. The highest BCUT2D eigenvalue weighted by atomic mass is 16.4. The van der Waals surface area contributed by atoms with E-state index < -0.39 is 5.97 Å². The van der Waals surface area contributed by atoms with Crippen molar-refractivity contribution >= 4 is 5.97 Å². The number of fused-ring (bicyclic) bond motifs is 1. The predicted octanol–water partition coefficient (Wildman–Crippen LogP) is 1.17. The average Bonchev–Trinajstić information content (AvgIpc) is 2.73. The maximum Gasteiger partial charge on any atom is 0.307 e. The molecular weight excluding hydrogens is 192 g/mol. The quantitative estimate of drug-likeness (QED) is 0.790. The minimum atomic E-state index is -0.634. The number of aromatic nitrogens is 2. The molecule has 15 heavy (non-hydrogen) atoms. The molecule has 0 spiro atoms. The third-order valence-corrected chi connectivity index (χ3v) is 4.25. The van der Waals surface area contributed by atoms with Crippen LogP contribution in [0.4, 0.5) is 0 Å². The van der Waals surface area contributed by atoms with Gasteiger partial charge < -0.3 is 5.11 Å². The Bertz CT molecular complexity index is 422. The number of rotatable bonds is 2. The minimum absolute atomic E-state index is 0.109. The topological polar surface area (TPSA) is 55.1 Å². The fraction of sp³-hybridized carbons (Fsp3) is 0.636. The maximum atomic E-state index is 11.2. The second-order valence-electron chi connectivity index (χ2n) is 4.81. The van der Waals surface area contributed by atoms with Gasteiger partial charge in [-0.1, -0.05) is 0 Å². The zero-order valence-electron chi connectivity index (χ0n) is 8.68. The van der Waals surface area contributed by atoms with Gasteiger partial charge in [0.05, 0.1) is 5.92 Å². The summed E-state index contributed by atoms with van der Waals surface area (Å²) in [6.45, 7) is 0. The molecule has 0 aromatic carbocycles. The molecule has 4 heteroatoms. The molecule has 4 nitrogen and oxygen atoms in total. The van der Waals surface area contributed by atoms with Gasteiger partial charge in [-0.25, -0.2) is 0 Å². The Morgan fingerprint density at radius 2 is 2.53 bits per heavy atom. The zero-order chi connectivity index (χ0) is 10.6. The van der Waals surface area contributed by atoms with Crippen molar-refractivity contribution in [3.63, 3.8) is 0 Å². The van der Waals surface area contributed by atoms with Gasteiger partial charge in [0.2, 0.25) is 0 Å². The van der Waals surface area contributed by atoms with E-state index in [9.17, 15) is 9.90 Å². The van der Waals surface area contributed by atoms with Crippen LogP contribution in [0.5, 0.6) is 0 Å². The average molecular weight is 206 g/mol. The van der Waals surface area contributed by atoms with Crippen LogP contribution in [0.1, 0.15) is 25.0 Å². The van der Waals surface area contributed by atoms with Gasteiger partial charge in [-0.3, -0.25) is 9.48 Å². The second-order valence-corrected chi connectivity index (χ2v) is 4.81. The lowest BCUT2D eigenvalue weighted by Crippen LogP contribution is -2.49. The van der Waals surface area contributed by atoms with Crippen LogP contribution >= 0.6 is 0 Å². The first-order valence-corrected chi connectivity index (χ1v) is 5.36. The molecule has 1 aromatic rings. The first kappa shape index (κ1) is 8.95. The molecule has 0 aliphatic heterocycles. The Kier molecular flexibility index (Phi) is 1.56. The van der Waals surface area contributed by atoms with Crippen molar-refractivity contribution in [3.05, 3.63) is 18.0 Å². The van der Waals surface area contributed by atoms with Gasteiger partial charge in [-0.2, -0.15) is 5.10 Å². The summed E-state index contributed by atoms with van der Waals surface area (Å²) in [5, 5.41) is 13.4. The molecule has 3 atom stereocenters. The van der Waals surface area contributed by atoms with E-state index in [4.69, 9.17) is 0 Å². The van der Waals surface area contributed by atoms with Crippen molar-refractivity contribution in [2.45, 2.75) is 24.7 Å². The number of aliphatic carboxylic acids is 1. The minimum Gasteiger partial charge on any atom is -0.481 e. The van der Waals surface area contributed by atoms with E-state index in [1.807, 2.05) is 17.8 Å². The van der Waals surface area contributed by atoms with Gasteiger partial charge in [0.15, 0.2) is 0 Å². The van der Waals surface area contributed by atoms with Crippen LogP contribution in [0.3, 0.4) is 0 Å². The molecule has 2 bridgehead atoms. The van der Waals surface area contributed by atoms with E-state index in [0.717, 1.165) is 25.0 Å². The molecule has 0 amide bonds. The molecule has 3 fully saturated rings. The Hall–Kier alpha value is -1.32. The third-order valence-electron chi connectivity index (χ3n) is 4.25. The number of carbonyl (C=O) groups is 1. The van der Waals surface area contributed by atoms with Crippen LogP contribution in [0.25, 0.3) is 0 Å². The number of carboxylic acids is 1. The van der Waals surface area contributed by atoms with E-state index in [0.29, 0.717) is 5.92 Å². The summed E-state index contributed by atoms with van der Waals surface area (Å²) in [5.74, 6) is -0.407. The Morgan fingerprint density at radius 3 is 3.07 bits per heavy atom. The SMILES string of the molecule is Cn1nccc1C12CCC(C1)C2C(=O)O. The molecule has 0 saturated heterocycles. The summed E-state index contributed by atoms with van der Waals surface area (Å²) in [5.41, 5.74) is 0.991. The summed E-state index contributed by atoms with van der Waals surface area (Å²) in [6.07, 6.45) is 4.86. The van der Waals surface area contributed by atoms with Crippen molar-refractivity contribution in [2.75, 3.05) is 0 Å². The van der Waals surface area contributed by atoms with E-state index in [1.165, 1.54) is 0 Å². The summed E-state index contributed by atoms with van der Waals surface area (Å²) in [6, 6.07) is 1.97. The molecule has 1 aromatic heterocycles. The molecule has 3 saturated carbocycles. The zero-order valence-corrected chi connectivity index (χ0v) is 8.68. The van der Waals surface area contributed by atoms with E-state index in [2.05, 4.69) is 5.10 Å². The van der Waals surface area contributed by atoms with Crippen LogP contribution in [0.2, 0.25) is 0 Å². The normalized spacial score (nSPS) is 37.7. The van der Waals surface area contributed by atoms with Crippen molar-refractivity contribution in [2.24, 2.45) is 18.9 Å². The van der Waals surface area contributed by atoms with Gasteiger partial charge in [0, 0.05) is 24.4 Å². The Balaban J connectivity index is 2.05. The summed E-state index contributed by atoms with van der Waals surface area (Å²) < 4.78 is 1.83. The molecule has 0 radical (unpaired) electrons. The molecule has 80 valence electrons. The molecule has 3 aliphatic rings. The van der Waals surface area contributed by atoms with Gasteiger partial charge in [-0.05, 0) is 31.2 Å². The molecule has 1 N–H and O–H groups in total. The van der Waals surface area contributed by atoms with Crippen LogP contribution in [-0.4, -0.2) is 20.9 Å². The molecule has 1 heterocycles. The first-order chi connectivity index (χ1) is 7.15. The third kappa shape index (κ3) is 0.919. The van der Waals surface area contributed by atoms with Crippen LogP contribution < -0.4 is 0 Å². The number of hydrogen-bond donors (Lipinski definition) is 1. The molecule has 3 unspecified atom stereocenters. The van der Waals surface area contributed by atoms with Crippen molar-refractivity contribution in [3.8, 4) is 0 Å². The van der Waals surface area contributed by atoms with E-state index >= 15 is 0 Å². The maximum absolute atomic E-state index is 11.2. The Morgan fingerprint density at radius 1 is 1.73 bits per heavy atom. The number of nitrogens with zero attached hydrogens (tertiary/aromatic N) is 2. The monoisotopic (exact) mass is 206 g/mol. The fourth-order valence-corrected chi connectivity index (χ4v) is 3.66. The largest absolute Gasteiger partial charge is 0.481 e. The molecular formula is C11H14N2O2.